The van der Waals surface area contributed by atoms with E-state index in [-0.39, 0.29) is 0 Å². The first-order chi connectivity index (χ1) is 10.1. The van der Waals surface area contributed by atoms with Gasteiger partial charge in [0.1, 0.15) is 0 Å². The minimum Gasteiger partial charge on any atom is -0.478 e. The molecule has 1 aromatic rings. The summed E-state index contributed by atoms with van der Waals surface area (Å²) in [5.74, 6) is -0.827. The molecule has 2 heterocycles. The van der Waals surface area contributed by atoms with Gasteiger partial charge < -0.3 is 10.0 Å². The summed E-state index contributed by atoms with van der Waals surface area (Å²) in [6.07, 6.45) is 5.11. The van der Waals surface area contributed by atoms with Crippen LogP contribution in [0.15, 0.2) is 18.2 Å². The Morgan fingerprint density at radius 2 is 1.95 bits per heavy atom. The zero-order valence-corrected chi connectivity index (χ0v) is 12.7. The van der Waals surface area contributed by atoms with Gasteiger partial charge in [0.2, 0.25) is 0 Å². The molecule has 2 aliphatic heterocycles. The Morgan fingerprint density at radius 3 is 2.67 bits per heavy atom. The van der Waals surface area contributed by atoms with E-state index < -0.39 is 5.97 Å². The third-order valence-electron chi connectivity index (χ3n) is 4.79. The molecular weight excluding hydrogens is 264 g/mol. The molecule has 0 aliphatic carbocycles. The van der Waals surface area contributed by atoms with Crippen LogP contribution in [0, 0.1) is 6.92 Å². The Labute approximate surface area is 126 Å². The maximum Gasteiger partial charge on any atom is 0.337 e. The molecule has 1 aromatic carbocycles. The van der Waals surface area contributed by atoms with Gasteiger partial charge in [0.25, 0.3) is 0 Å². The van der Waals surface area contributed by atoms with Crippen LogP contribution >= 0.6 is 0 Å². The van der Waals surface area contributed by atoms with Crippen molar-refractivity contribution in [2.75, 3.05) is 31.1 Å². The molecule has 0 amide bonds. The molecular formula is C17H24N2O2. The van der Waals surface area contributed by atoms with Gasteiger partial charge in [0.05, 0.1) is 11.3 Å². The SMILES string of the molecule is Cc1ccc(C(=O)O)c(N2CCC(N3CCCCC3)C2)c1. The summed E-state index contributed by atoms with van der Waals surface area (Å²) in [5, 5.41) is 9.39. The standard InChI is InChI=1S/C17H24N2O2/c1-13-5-6-15(17(20)21)16(11-13)19-10-7-14(12-19)18-8-3-2-4-9-18/h5-6,11,14H,2-4,7-10,12H2,1H3,(H,20,21). The lowest BCUT2D eigenvalue weighted by Gasteiger charge is -2.32. The average molecular weight is 288 g/mol. The number of aryl methyl sites for hydroxylation is 1. The molecule has 0 saturated carbocycles. The molecule has 4 nitrogen and oxygen atoms in total. The molecule has 21 heavy (non-hydrogen) atoms. The number of anilines is 1. The van der Waals surface area contributed by atoms with Crippen LogP contribution in [0.3, 0.4) is 0 Å². The van der Waals surface area contributed by atoms with E-state index in [1.54, 1.807) is 6.07 Å². The van der Waals surface area contributed by atoms with Crippen LogP contribution in [0.1, 0.15) is 41.6 Å². The van der Waals surface area contributed by atoms with E-state index >= 15 is 0 Å². The first-order valence-corrected chi connectivity index (χ1v) is 7.98. The zero-order chi connectivity index (χ0) is 14.8. The Kier molecular flexibility index (Phi) is 4.15. The van der Waals surface area contributed by atoms with Crippen LogP contribution in [-0.4, -0.2) is 48.2 Å². The summed E-state index contributed by atoms with van der Waals surface area (Å²) < 4.78 is 0. The van der Waals surface area contributed by atoms with Crippen molar-refractivity contribution >= 4 is 11.7 Å². The number of hydrogen-bond acceptors (Lipinski definition) is 3. The maximum atomic E-state index is 11.4. The number of benzene rings is 1. The highest BCUT2D eigenvalue weighted by atomic mass is 16.4. The second-order valence-electron chi connectivity index (χ2n) is 6.31. The maximum absolute atomic E-state index is 11.4. The van der Waals surface area contributed by atoms with E-state index in [1.165, 1.54) is 32.4 Å². The molecule has 3 rings (SSSR count). The van der Waals surface area contributed by atoms with E-state index in [0.717, 1.165) is 30.8 Å². The van der Waals surface area contributed by atoms with Gasteiger partial charge >= 0.3 is 5.97 Å². The van der Waals surface area contributed by atoms with E-state index in [4.69, 9.17) is 0 Å². The quantitative estimate of drug-likeness (QED) is 0.929. The predicted octanol–water partition coefficient (Wildman–Crippen LogP) is 2.76. The van der Waals surface area contributed by atoms with Crippen LogP contribution in [0.5, 0.6) is 0 Å². The minimum absolute atomic E-state index is 0.430. The van der Waals surface area contributed by atoms with Gasteiger partial charge in [-0.1, -0.05) is 12.5 Å². The van der Waals surface area contributed by atoms with Gasteiger partial charge in [0.15, 0.2) is 0 Å². The Balaban J connectivity index is 1.76. The van der Waals surface area contributed by atoms with Crippen molar-refractivity contribution in [1.29, 1.82) is 0 Å². The molecule has 2 fully saturated rings. The highest BCUT2D eigenvalue weighted by Crippen LogP contribution is 2.28. The van der Waals surface area contributed by atoms with Gasteiger partial charge in [-0.2, -0.15) is 0 Å². The van der Waals surface area contributed by atoms with Gasteiger partial charge in [-0.15, -0.1) is 0 Å². The number of likely N-dealkylation sites (tertiary alicyclic amines) is 1. The van der Waals surface area contributed by atoms with Gasteiger partial charge in [-0.05, 0) is 57.0 Å². The monoisotopic (exact) mass is 288 g/mol. The number of hydrogen-bond donors (Lipinski definition) is 1. The summed E-state index contributed by atoms with van der Waals surface area (Å²) in [6.45, 7) is 6.36. The van der Waals surface area contributed by atoms with Gasteiger partial charge in [0, 0.05) is 19.1 Å². The lowest BCUT2D eigenvalue weighted by Crippen LogP contribution is -2.41. The number of carboxylic acids is 1. The first-order valence-electron chi connectivity index (χ1n) is 7.98. The van der Waals surface area contributed by atoms with E-state index in [1.807, 2.05) is 19.1 Å². The third-order valence-corrected chi connectivity index (χ3v) is 4.79. The minimum atomic E-state index is -0.827. The Bertz CT molecular complexity index is 524. The molecule has 1 atom stereocenters. The third kappa shape index (κ3) is 3.05. The smallest absolute Gasteiger partial charge is 0.337 e. The summed E-state index contributed by atoms with van der Waals surface area (Å²) in [4.78, 5) is 16.3. The van der Waals surface area contributed by atoms with Gasteiger partial charge in [-0.25, -0.2) is 4.79 Å². The summed E-state index contributed by atoms with van der Waals surface area (Å²) in [6, 6.07) is 6.22. The first kappa shape index (κ1) is 14.4. The van der Waals surface area contributed by atoms with Crippen molar-refractivity contribution in [1.82, 2.24) is 4.90 Å². The highest BCUT2D eigenvalue weighted by Gasteiger charge is 2.30. The predicted molar refractivity (Wildman–Crippen MR) is 84.2 cm³/mol. The van der Waals surface area contributed by atoms with Crippen molar-refractivity contribution in [3.63, 3.8) is 0 Å². The van der Waals surface area contributed by atoms with Crippen molar-refractivity contribution in [2.45, 2.75) is 38.6 Å². The van der Waals surface area contributed by atoms with Crippen LogP contribution in [0.2, 0.25) is 0 Å². The molecule has 0 radical (unpaired) electrons. The van der Waals surface area contributed by atoms with Crippen molar-refractivity contribution in [2.24, 2.45) is 0 Å². The fourth-order valence-corrected chi connectivity index (χ4v) is 3.63. The van der Waals surface area contributed by atoms with E-state index in [9.17, 15) is 9.90 Å². The molecule has 1 N–H and O–H groups in total. The Morgan fingerprint density at radius 1 is 1.19 bits per heavy atom. The molecule has 2 saturated heterocycles. The van der Waals surface area contributed by atoms with Crippen LogP contribution in [0.25, 0.3) is 0 Å². The van der Waals surface area contributed by atoms with E-state index in [0.29, 0.717) is 11.6 Å². The van der Waals surface area contributed by atoms with E-state index in [2.05, 4.69) is 9.80 Å². The van der Waals surface area contributed by atoms with Crippen LogP contribution in [0.4, 0.5) is 5.69 Å². The lowest BCUT2D eigenvalue weighted by molar-refractivity contribution is 0.0697. The fourth-order valence-electron chi connectivity index (χ4n) is 3.63. The topological polar surface area (TPSA) is 43.8 Å². The largest absolute Gasteiger partial charge is 0.478 e. The molecule has 0 spiro atoms. The second kappa shape index (κ2) is 6.06. The fraction of sp³-hybridized carbons (Fsp3) is 0.588. The van der Waals surface area contributed by atoms with Gasteiger partial charge in [-0.3, -0.25) is 4.90 Å². The molecule has 0 aromatic heterocycles. The van der Waals surface area contributed by atoms with Crippen molar-refractivity contribution in [3.05, 3.63) is 29.3 Å². The number of carbonyl (C=O) groups is 1. The zero-order valence-electron chi connectivity index (χ0n) is 12.7. The Hall–Kier alpha value is -1.55. The number of nitrogens with zero attached hydrogens (tertiary/aromatic N) is 2. The number of aromatic carboxylic acids is 1. The highest BCUT2D eigenvalue weighted by molar-refractivity contribution is 5.94. The average Bonchev–Trinajstić information content (AvgIpc) is 2.97. The second-order valence-corrected chi connectivity index (χ2v) is 6.31. The summed E-state index contributed by atoms with van der Waals surface area (Å²) >= 11 is 0. The van der Waals surface area contributed by atoms with Crippen molar-refractivity contribution in [3.8, 4) is 0 Å². The normalized spacial score (nSPS) is 23.5. The molecule has 4 heteroatoms. The number of rotatable bonds is 3. The van der Waals surface area contributed by atoms with Crippen LogP contribution in [-0.2, 0) is 0 Å². The lowest BCUT2D eigenvalue weighted by atomic mass is 10.1. The van der Waals surface area contributed by atoms with Crippen molar-refractivity contribution < 1.29 is 9.90 Å². The molecule has 2 aliphatic rings. The summed E-state index contributed by atoms with van der Waals surface area (Å²) in [5.41, 5.74) is 2.44. The summed E-state index contributed by atoms with van der Waals surface area (Å²) in [7, 11) is 0. The van der Waals surface area contributed by atoms with Crippen LogP contribution < -0.4 is 4.90 Å². The molecule has 1 unspecified atom stereocenters. The molecule has 0 bridgehead atoms. The molecule has 114 valence electrons. The number of piperidine rings is 1. The number of carboxylic acid groups (broad SMARTS) is 1.